The van der Waals surface area contributed by atoms with Crippen molar-refractivity contribution in [3.05, 3.63) is 0 Å². The predicted molar refractivity (Wildman–Crippen MR) is 64.0 cm³/mol. The second-order valence-corrected chi connectivity index (χ2v) is 5.66. The normalized spacial score (nSPS) is 15.9. The molecule has 0 bridgehead atoms. The molecule has 0 aromatic carbocycles. The first-order chi connectivity index (χ1) is 6.78. The summed E-state index contributed by atoms with van der Waals surface area (Å²) < 4.78 is 5.19. The van der Waals surface area contributed by atoms with E-state index in [-0.39, 0.29) is 5.97 Å². The SMILES string of the molecule is CSCCC(O)C(C)C(=O)OC(C)(C)C. The molecule has 0 radical (unpaired) electrons. The van der Waals surface area contributed by atoms with Gasteiger partial charge in [-0.15, -0.1) is 0 Å². The van der Waals surface area contributed by atoms with E-state index in [2.05, 4.69) is 0 Å². The van der Waals surface area contributed by atoms with E-state index in [1.807, 2.05) is 27.0 Å². The highest BCUT2D eigenvalue weighted by Gasteiger charge is 2.26. The Kier molecular flexibility index (Phi) is 6.29. The van der Waals surface area contributed by atoms with E-state index in [4.69, 9.17) is 4.74 Å². The highest BCUT2D eigenvalue weighted by molar-refractivity contribution is 7.98. The summed E-state index contributed by atoms with van der Waals surface area (Å²) in [4.78, 5) is 11.6. The molecule has 1 N–H and O–H groups in total. The molecule has 3 nitrogen and oxygen atoms in total. The van der Waals surface area contributed by atoms with Crippen LogP contribution in [0.1, 0.15) is 34.1 Å². The summed E-state index contributed by atoms with van der Waals surface area (Å²) in [6, 6.07) is 0. The lowest BCUT2D eigenvalue weighted by atomic mass is 10.0. The maximum atomic E-state index is 11.6. The van der Waals surface area contributed by atoms with Gasteiger partial charge in [0.05, 0.1) is 12.0 Å². The van der Waals surface area contributed by atoms with Gasteiger partial charge < -0.3 is 9.84 Å². The zero-order valence-electron chi connectivity index (χ0n) is 10.2. The molecular weight excluding hydrogens is 212 g/mol. The van der Waals surface area contributed by atoms with Gasteiger partial charge in [-0.2, -0.15) is 11.8 Å². The third-order valence-electron chi connectivity index (χ3n) is 1.97. The summed E-state index contributed by atoms with van der Waals surface area (Å²) >= 11 is 1.66. The van der Waals surface area contributed by atoms with Crippen LogP contribution in [0.15, 0.2) is 0 Å². The van der Waals surface area contributed by atoms with Crippen molar-refractivity contribution in [2.45, 2.75) is 45.8 Å². The average molecular weight is 234 g/mol. The molecule has 0 aliphatic heterocycles. The minimum atomic E-state index is -0.604. The Morgan fingerprint density at radius 2 is 2.00 bits per heavy atom. The molecule has 0 fully saturated rings. The highest BCUT2D eigenvalue weighted by atomic mass is 32.2. The smallest absolute Gasteiger partial charge is 0.311 e. The summed E-state index contributed by atoms with van der Waals surface area (Å²) in [5.41, 5.74) is -0.482. The van der Waals surface area contributed by atoms with Gasteiger partial charge in [0.1, 0.15) is 5.60 Å². The molecule has 2 atom stereocenters. The zero-order chi connectivity index (χ0) is 12.1. The average Bonchev–Trinajstić information content (AvgIpc) is 2.10. The molecule has 2 unspecified atom stereocenters. The number of ether oxygens (including phenoxy) is 1. The van der Waals surface area contributed by atoms with Gasteiger partial charge in [0.2, 0.25) is 0 Å². The van der Waals surface area contributed by atoms with Gasteiger partial charge in [-0.1, -0.05) is 0 Å². The van der Waals surface area contributed by atoms with E-state index in [9.17, 15) is 9.90 Å². The van der Waals surface area contributed by atoms with Crippen molar-refractivity contribution in [1.29, 1.82) is 0 Å². The van der Waals surface area contributed by atoms with Crippen LogP contribution in [0.25, 0.3) is 0 Å². The molecule has 0 aromatic rings. The van der Waals surface area contributed by atoms with Gasteiger partial charge in [0.25, 0.3) is 0 Å². The van der Waals surface area contributed by atoms with E-state index in [1.54, 1.807) is 18.7 Å². The standard InChI is InChI=1S/C11H22O3S/c1-8(9(12)6-7-15-5)10(13)14-11(2,3)4/h8-9,12H,6-7H2,1-5H3. The molecule has 0 heterocycles. The van der Waals surface area contributed by atoms with Crippen molar-refractivity contribution in [2.24, 2.45) is 5.92 Å². The maximum Gasteiger partial charge on any atom is 0.311 e. The highest BCUT2D eigenvalue weighted by Crippen LogP contribution is 2.16. The lowest BCUT2D eigenvalue weighted by molar-refractivity contribution is -0.163. The number of aliphatic hydroxyl groups excluding tert-OH is 1. The summed E-state index contributed by atoms with van der Waals surface area (Å²) in [5.74, 6) is 0.0846. The summed E-state index contributed by atoms with van der Waals surface area (Å²) in [5, 5.41) is 9.70. The number of esters is 1. The lowest BCUT2D eigenvalue weighted by Crippen LogP contribution is -2.33. The molecule has 0 saturated heterocycles. The first-order valence-corrected chi connectivity index (χ1v) is 6.57. The molecule has 90 valence electrons. The Morgan fingerprint density at radius 3 is 2.40 bits per heavy atom. The second-order valence-electron chi connectivity index (χ2n) is 4.67. The minimum Gasteiger partial charge on any atom is -0.460 e. The van der Waals surface area contributed by atoms with Crippen molar-refractivity contribution >= 4 is 17.7 Å². The van der Waals surface area contributed by atoms with Crippen LogP contribution in [0.3, 0.4) is 0 Å². The largest absolute Gasteiger partial charge is 0.460 e. The third-order valence-corrected chi connectivity index (χ3v) is 2.62. The van der Waals surface area contributed by atoms with Gasteiger partial charge in [-0.3, -0.25) is 4.79 Å². The van der Waals surface area contributed by atoms with Crippen LogP contribution >= 0.6 is 11.8 Å². The lowest BCUT2D eigenvalue weighted by Gasteiger charge is -2.24. The fourth-order valence-electron chi connectivity index (χ4n) is 1.04. The Bertz CT molecular complexity index is 198. The molecule has 0 rings (SSSR count). The molecule has 0 amide bonds. The molecular formula is C11H22O3S. The van der Waals surface area contributed by atoms with Gasteiger partial charge in [-0.05, 0) is 46.1 Å². The van der Waals surface area contributed by atoms with Crippen molar-refractivity contribution in [3.8, 4) is 0 Å². The van der Waals surface area contributed by atoms with Gasteiger partial charge in [-0.25, -0.2) is 0 Å². The van der Waals surface area contributed by atoms with Crippen molar-refractivity contribution in [3.63, 3.8) is 0 Å². The summed E-state index contributed by atoms with van der Waals surface area (Å²) in [6.07, 6.45) is 2.00. The molecule has 0 saturated carbocycles. The number of carbonyl (C=O) groups excluding carboxylic acids is 1. The number of hydrogen-bond donors (Lipinski definition) is 1. The van der Waals surface area contributed by atoms with Gasteiger partial charge in [0, 0.05) is 0 Å². The molecule has 15 heavy (non-hydrogen) atoms. The fraction of sp³-hybridized carbons (Fsp3) is 0.909. The fourth-order valence-corrected chi connectivity index (χ4v) is 1.52. The minimum absolute atomic E-state index is 0.323. The summed E-state index contributed by atoms with van der Waals surface area (Å²) in [7, 11) is 0. The predicted octanol–water partition coefficient (Wildman–Crippen LogP) is 2.08. The topological polar surface area (TPSA) is 46.5 Å². The maximum absolute atomic E-state index is 11.6. The van der Waals surface area contributed by atoms with E-state index >= 15 is 0 Å². The first-order valence-electron chi connectivity index (χ1n) is 5.18. The van der Waals surface area contributed by atoms with Crippen LogP contribution in [-0.4, -0.2) is 34.8 Å². The number of carbonyl (C=O) groups is 1. The van der Waals surface area contributed by atoms with E-state index in [1.165, 1.54) is 0 Å². The third kappa shape index (κ3) is 6.79. The Hall–Kier alpha value is -0.220. The van der Waals surface area contributed by atoms with E-state index in [0.717, 1.165) is 5.75 Å². The van der Waals surface area contributed by atoms with Crippen LogP contribution in [-0.2, 0) is 9.53 Å². The number of rotatable bonds is 5. The molecule has 0 aliphatic rings. The molecule has 0 aliphatic carbocycles. The van der Waals surface area contributed by atoms with Crippen molar-refractivity contribution in [1.82, 2.24) is 0 Å². The Morgan fingerprint density at radius 1 is 1.47 bits per heavy atom. The number of aliphatic hydroxyl groups is 1. The molecule has 0 spiro atoms. The number of hydrogen-bond acceptors (Lipinski definition) is 4. The summed E-state index contributed by atoms with van der Waals surface area (Å²) in [6.45, 7) is 7.18. The van der Waals surface area contributed by atoms with Crippen LogP contribution in [0.2, 0.25) is 0 Å². The zero-order valence-corrected chi connectivity index (χ0v) is 11.1. The monoisotopic (exact) mass is 234 g/mol. The van der Waals surface area contributed by atoms with E-state index < -0.39 is 17.6 Å². The van der Waals surface area contributed by atoms with Crippen molar-refractivity contribution in [2.75, 3.05) is 12.0 Å². The second kappa shape index (κ2) is 6.38. The molecule has 4 heteroatoms. The van der Waals surface area contributed by atoms with Gasteiger partial charge >= 0.3 is 5.97 Å². The van der Waals surface area contributed by atoms with Crippen LogP contribution in [0, 0.1) is 5.92 Å². The van der Waals surface area contributed by atoms with Crippen LogP contribution < -0.4 is 0 Å². The number of thioether (sulfide) groups is 1. The quantitative estimate of drug-likeness (QED) is 0.740. The van der Waals surface area contributed by atoms with Crippen LogP contribution in [0.5, 0.6) is 0 Å². The van der Waals surface area contributed by atoms with Gasteiger partial charge in [0.15, 0.2) is 0 Å². The van der Waals surface area contributed by atoms with E-state index in [0.29, 0.717) is 6.42 Å². The van der Waals surface area contributed by atoms with Crippen LogP contribution in [0.4, 0.5) is 0 Å². The Balaban J connectivity index is 4.08. The van der Waals surface area contributed by atoms with Crippen molar-refractivity contribution < 1.29 is 14.6 Å². The first kappa shape index (κ1) is 14.8. The molecule has 0 aromatic heterocycles. The Labute approximate surface area is 96.6 Å².